The van der Waals surface area contributed by atoms with E-state index >= 15 is 0 Å². The minimum Gasteiger partial charge on any atom is -0.388 e. The van der Waals surface area contributed by atoms with E-state index in [-0.39, 0.29) is 0 Å². The Bertz CT molecular complexity index is 534. The molecule has 1 aromatic carbocycles. The van der Waals surface area contributed by atoms with Crippen LogP contribution in [0.4, 0.5) is 0 Å². The number of aliphatic hydroxyl groups excluding tert-OH is 1. The molecule has 0 aliphatic carbocycles. The van der Waals surface area contributed by atoms with Crippen molar-refractivity contribution >= 4 is 0 Å². The molecule has 2 rings (SSSR count). The first-order chi connectivity index (χ1) is 8.47. The van der Waals surface area contributed by atoms with E-state index in [1.165, 1.54) is 5.56 Å². The summed E-state index contributed by atoms with van der Waals surface area (Å²) >= 11 is 0. The van der Waals surface area contributed by atoms with Gasteiger partial charge in [-0.3, -0.25) is 4.68 Å². The van der Waals surface area contributed by atoms with Crippen LogP contribution in [0.15, 0.2) is 24.4 Å². The van der Waals surface area contributed by atoms with Crippen molar-refractivity contribution < 1.29 is 5.11 Å². The molecule has 0 saturated carbocycles. The van der Waals surface area contributed by atoms with Crippen molar-refractivity contribution in [2.75, 3.05) is 0 Å². The lowest BCUT2D eigenvalue weighted by Crippen LogP contribution is -2.07. The Morgan fingerprint density at radius 1 is 1.22 bits per heavy atom. The third-order valence-corrected chi connectivity index (χ3v) is 3.24. The molecule has 1 atom stereocenters. The molecule has 0 fully saturated rings. The number of benzene rings is 1. The van der Waals surface area contributed by atoms with Crippen LogP contribution in [0.2, 0.25) is 0 Å². The summed E-state index contributed by atoms with van der Waals surface area (Å²) < 4.78 is 1.76. The van der Waals surface area contributed by atoms with Crippen LogP contribution in [0.25, 0.3) is 0 Å². The van der Waals surface area contributed by atoms with Crippen molar-refractivity contribution in [1.29, 1.82) is 0 Å². The van der Waals surface area contributed by atoms with Gasteiger partial charge in [0.05, 0.1) is 11.8 Å². The van der Waals surface area contributed by atoms with Gasteiger partial charge in [-0.15, -0.1) is 0 Å². The van der Waals surface area contributed by atoms with E-state index in [0.717, 1.165) is 22.4 Å². The van der Waals surface area contributed by atoms with E-state index in [2.05, 4.69) is 38.0 Å². The van der Waals surface area contributed by atoms with Crippen LogP contribution in [-0.2, 0) is 13.5 Å². The zero-order chi connectivity index (χ0) is 13.3. The average molecular weight is 244 g/mol. The van der Waals surface area contributed by atoms with Crippen LogP contribution < -0.4 is 0 Å². The van der Waals surface area contributed by atoms with Gasteiger partial charge < -0.3 is 5.11 Å². The van der Waals surface area contributed by atoms with Crippen LogP contribution in [0, 0.1) is 20.8 Å². The summed E-state index contributed by atoms with van der Waals surface area (Å²) in [6.07, 6.45) is 1.98. The lowest BCUT2D eigenvalue weighted by molar-refractivity contribution is 0.175. The number of nitrogens with zero attached hydrogens (tertiary/aromatic N) is 2. The Morgan fingerprint density at radius 2 is 1.83 bits per heavy atom. The lowest BCUT2D eigenvalue weighted by Gasteiger charge is -2.16. The molecular formula is C15H20N2O. The molecule has 0 saturated heterocycles. The summed E-state index contributed by atoms with van der Waals surface area (Å²) in [4.78, 5) is 0. The predicted octanol–water partition coefficient (Wildman–Crippen LogP) is 2.62. The van der Waals surface area contributed by atoms with Gasteiger partial charge in [-0.2, -0.15) is 5.10 Å². The third kappa shape index (κ3) is 2.62. The number of aryl methyl sites for hydroxylation is 4. The standard InChI is InChI=1S/C15H20N2O/c1-10-7-11(2)15(12(3)8-10)14(18)9-13-5-6-17(4)16-13/h5-8,14,18H,9H2,1-4H3. The summed E-state index contributed by atoms with van der Waals surface area (Å²) in [5.41, 5.74) is 5.49. The van der Waals surface area contributed by atoms with Gasteiger partial charge in [-0.05, 0) is 43.5 Å². The molecule has 0 spiro atoms. The van der Waals surface area contributed by atoms with E-state index in [0.29, 0.717) is 6.42 Å². The maximum Gasteiger partial charge on any atom is 0.0851 e. The van der Waals surface area contributed by atoms with Gasteiger partial charge in [0.1, 0.15) is 0 Å². The molecule has 18 heavy (non-hydrogen) atoms. The van der Waals surface area contributed by atoms with Crippen molar-refractivity contribution in [1.82, 2.24) is 9.78 Å². The SMILES string of the molecule is Cc1cc(C)c(C(O)Cc2ccn(C)n2)c(C)c1. The molecule has 3 heteroatoms. The second kappa shape index (κ2) is 4.94. The first-order valence-corrected chi connectivity index (χ1v) is 6.21. The summed E-state index contributed by atoms with van der Waals surface area (Å²) in [5, 5.41) is 14.7. The summed E-state index contributed by atoms with van der Waals surface area (Å²) in [6, 6.07) is 6.18. The van der Waals surface area contributed by atoms with E-state index in [9.17, 15) is 5.11 Å². The molecule has 1 heterocycles. The highest BCUT2D eigenvalue weighted by atomic mass is 16.3. The average Bonchev–Trinajstić information content (AvgIpc) is 2.62. The maximum absolute atomic E-state index is 10.4. The minimum absolute atomic E-state index is 0.486. The fraction of sp³-hybridized carbons (Fsp3) is 0.400. The smallest absolute Gasteiger partial charge is 0.0851 e. The fourth-order valence-corrected chi connectivity index (χ4v) is 2.59. The van der Waals surface area contributed by atoms with Crippen LogP contribution in [0.5, 0.6) is 0 Å². The van der Waals surface area contributed by atoms with Gasteiger partial charge >= 0.3 is 0 Å². The minimum atomic E-state index is -0.486. The lowest BCUT2D eigenvalue weighted by atomic mass is 9.93. The van der Waals surface area contributed by atoms with E-state index in [1.54, 1.807) is 4.68 Å². The Hall–Kier alpha value is -1.61. The van der Waals surface area contributed by atoms with Crippen molar-refractivity contribution in [3.05, 3.63) is 52.3 Å². The zero-order valence-electron chi connectivity index (χ0n) is 11.4. The molecule has 0 aliphatic rings. The number of rotatable bonds is 3. The highest BCUT2D eigenvalue weighted by Crippen LogP contribution is 2.25. The van der Waals surface area contributed by atoms with Gasteiger partial charge in [0.25, 0.3) is 0 Å². The fourth-order valence-electron chi connectivity index (χ4n) is 2.59. The topological polar surface area (TPSA) is 38.0 Å². The van der Waals surface area contributed by atoms with E-state index in [1.807, 2.05) is 19.3 Å². The van der Waals surface area contributed by atoms with Crippen molar-refractivity contribution in [3.63, 3.8) is 0 Å². The highest BCUT2D eigenvalue weighted by Gasteiger charge is 2.15. The first kappa shape index (κ1) is 12.8. The van der Waals surface area contributed by atoms with Crippen LogP contribution >= 0.6 is 0 Å². The second-order valence-corrected chi connectivity index (χ2v) is 5.01. The summed E-state index contributed by atoms with van der Waals surface area (Å²) in [6.45, 7) is 6.18. The second-order valence-electron chi connectivity index (χ2n) is 5.01. The number of aromatic nitrogens is 2. The third-order valence-electron chi connectivity index (χ3n) is 3.24. The monoisotopic (exact) mass is 244 g/mol. The molecule has 1 unspecified atom stereocenters. The molecule has 1 aromatic heterocycles. The molecule has 3 nitrogen and oxygen atoms in total. The Kier molecular flexibility index (Phi) is 3.53. The maximum atomic E-state index is 10.4. The summed E-state index contributed by atoms with van der Waals surface area (Å²) in [7, 11) is 1.89. The Morgan fingerprint density at radius 3 is 2.33 bits per heavy atom. The van der Waals surface area contributed by atoms with Gasteiger partial charge in [-0.25, -0.2) is 0 Å². The molecule has 0 radical (unpaired) electrons. The first-order valence-electron chi connectivity index (χ1n) is 6.21. The van der Waals surface area contributed by atoms with Gasteiger partial charge in [0, 0.05) is 19.7 Å². The van der Waals surface area contributed by atoms with Crippen molar-refractivity contribution in [3.8, 4) is 0 Å². The van der Waals surface area contributed by atoms with Crippen molar-refractivity contribution in [2.45, 2.75) is 33.3 Å². The van der Waals surface area contributed by atoms with Gasteiger partial charge in [0.2, 0.25) is 0 Å². The number of hydrogen-bond acceptors (Lipinski definition) is 2. The quantitative estimate of drug-likeness (QED) is 0.901. The predicted molar refractivity (Wildman–Crippen MR) is 72.5 cm³/mol. The van der Waals surface area contributed by atoms with E-state index in [4.69, 9.17) is 0 Å². The van der Waals surface area contributed by atoms with Crippen LogP contribution in [0.1, 0.15) is 34.1 Å². The number of aliphatic hydroxyl groups is 1. The Balaban J connectivity index is 2.26. The molecular weight excluding hydrogens is 224 g/mol. The largest absolute Gasteiger partial charge is 0.388 e. The summed E-state index contributed by atoms with van der Waals surface area (Å²) in [5.74, 6) is 0. The highest BCUT2D eigenvalue weighted by molar-refractivity contribution is 5.39. The molecule has 0 amide bonds. The normalized spacial score (nSPS) is 12.7. The molecule has 1 N–H and O–H groups in total. The zero-order valence-corrected chi connectivity index (χ0v) is 11.4. The van der Waals surface area contributed by atoms with Gasteiger partial charge in [-0.1, -0.05) is 17.7 Å². The van der Waals surface area contributed by atoms with Crippen LogP contribution in [0.3, 0.4) is 0 Å². The molecule has 96 valence electrons. The molecule has 2 aromatic rings. The molecule has 0 bridgehead atoms. The van der Waals surface area contributed by atoms with Gasteiger partial charge in [0.15, 0.2) is 0 Å². The van der Waals surface area contributed by atoms with E-state index < -0.39 is 6.10 Å². The Labute approximate surface area is 108 Å². The molecule has 0 aliphatic heterocycles. The van der Waals surface area contributed by atoms with Crippen molar-refractivity contribution in [2.24, 2.45) is 7.05 Å². The number of hydrogen-bond donors (Lipinski definition) is 1. The van der Waals surface area contributed by atoms with Crippen LogP contribution in [-0.4, -0.2) is 14.9 Å².